The minimum Gasteiger partial charge on any atom is -0.352 e. The first kappa shape index (κ1) is 31.1. The molecule has 0 aromatic heterocycles. The van der Waals surface area contributed by atoms with Crippen LogP contribution in [0.1, 0.15) is 50.2 Å². The predicted molar refractivity (Wildman–Crippen MR) is 166 cm³/mol. The summed E-state index contributed by atoms with van der Waals surface area (Å²) in [5.74, 6) is -0.736. The van der Waals surface area contributed by atoms with Gasteiger partial charge >= 0.3 is 0 Å². The van der Waals surface area contributed by atoms with Crippen LogP contribution in [0.5, 0.6) is 0 Å². The zero-order valence-corrected chi connectivity index (χ0v) is 26.4. The lowest BCUT2D eigenvalue weighted by molar-refractivity contribution is -0.139. The number of hydrogen-bond donors (Lipinski definition) is 1. The van der Waals surface area contributed by atoms with E-state index < -0.39 is 28.5 Å². The summed E-state index contributed by atoms with van der Waals surface area (Å²) in [7, 11) is -4.15. The molecule has 1 aliphatic rings. The minimum absolute atomic E-state index is 0.0135. The highest BCUT2D eigenvalue weighted by molar-refractivity contribution is 9.10. The van der Waals surface area contributed by atoms with E-state index in [0.717, 1.165) is 46.4 Å². The predicted octanol–water partition coefficient (Wildman–Crippen LogP) is 6.47. The zero-order chi connectivity index (χ0) is 29.6. The summed E-state index contributed by atoms with van der Waals surface area (Å²) in [5.41, 5.74) is 1.89. The normalized spacial score (nSPS) is 14.7. The van der Waals surface area contributed by atoms with Crippen LogP contribution in [0.2, 0.25) is 5.02 Å². The Kier molecular flexibility index (Phi) is 10.5. The molecule has 10 heteroatoms. The number of benzene rings is 3. The van der Waals surface area contributed by atoms with Gasteiger partial charge in [-0.3, -0.25) is 13.9 Å². The van der Waals surface area contributed by atoms with E-state index in [1.54, 1.807) is 32.0 Å². The molecule has 0 radical (unpaired) electrons. The lowest BCUT2D eigenvalue weighted by atomic mass is 9.95. The third-order valence-electron chi connectivity index (χ3n) is 7.43. The molecule has 1 aliphatic carbocycles. The number of nitrogens with one attached hydrogen (secondary N) is 1. The van der Waals surface area contributed by atoms with Gasteiger partial charge in [-0.1, -0.05) is 77.1 Å². The fourth-order valence-electron chi connectivity index (χ4n) is 5.07. The van der Waals surface area contributed by atoms with Crippen molar-refractivity contribution < 1.29 is 18.0 Å². The SMILES string of the molecule is Cc1ccccc1N(CC(=O)N(Cc1cccc(Br)c1)[C@H](C)C(=O)NC1CCCCC1)S(=O)(=O)c1ccc(Cl)cc1. The first-order chi connectivity index (χ1) is 19.6. The van der Waals surface area contributed by atoms with E-state index in [1.807, 2.05) is 30.3 Å². The second-order valence-electron chi connectivity index (χ2n) is 10.4. The van der Waals surface area contributed by atoms with Crippen molar-refractivity contribution in [1.29, 1.82) is 0 Å². The summed E-state index contributed by atoms with van der Waals surface area (Å²) in [6.45, 7) is 3.15. The maximum atomic E-state index is 14.1. The molecule has 1 atom stereocenters. The fraction of sp³-hybridized carbons (Fsp3) is 0.355. The van der Waals surface area contributed by atoms with Crippen molar-refractivity contribution in [2.24, 2.45) is 0 Å². The highest BCUT2D eigenvalue weighted by atomic mass is 79.9. The van der Waals surface area contributed by atoms with Gasteiger partial charge in [-0.25, -0.2) is 8.42 Å². The van der Waals surface area contributed by atoms with Crippen molar-refractivity contribution in [3.05, 3.63) is 93.4 Å². The van der Waals surface area contributed by atoms with Crippen LogP contribution in [0, 0.1) is 6.92 Å². The van der Waals surface area contributed by atoms with Crippen molar-refractivity contribution >= 4 is 55.1 Å². The Labute approximate surface area is 256 Å². The first-order valence-electron chi connectivity index (χ1n) is 13.7. The van der Waals surface area contributed by atoms with Gasteiger partial charge in [0.2, 0.25) is 11.8 Å². The molecular formula is C31H35BrClN3O4S. The summed E-state index contributed by atoms with van der Waals surface area (Å²) < 4.78 is 29.9. The summed E-state index contributed by atoms with van der Waals surface area (Å²) in [4.78, 5) is 29.0. The molecular weight excluding hydrogens is 626 g/mol. The molecule has 4 rings (SSSR count). The third kappa shape index (κ3) is 7.90. The number of rotatable bonds is 10. The van der Waals surface area contributed by atoms with Gasteiger partial charge in [0.05, 0.1) is 10.6 Å². The number of carbonyl (C=O) groups excluding carboxylic acids is 2. The Morgan fingerprint density at radius 1 is 1.00 bits per heavy atom. The van der Waals surface area contributed by atoms with Crippen molar-refractivity contribution in [3.63, 3.8) is 0 Å². The molecule has 0 heterocycles. The van der Waals surface area contributed by atoms with E-state index in [0.29, 0.717) is 16.3 Å². The molecule has 7 nitrogen and oxygen atoms in total. The summed E-state index contributed by atoms with van der Waals surface area (Å²) in [5, 5.41) is 3.52. The van der Waals surface area contributed by atoms with E-state index in [-0.39, 0.29) is 23.4 Å². The van der Waals surface area contributed by atoms with Crippen LogP contribution in [0.15, 0.2) is 82.2 Å². The monoisotopic (exact) mass is 659 g/mol. The average Bonchev–Trinajstić information content (AvgIpc) is 2.95. The summed E-state index contributed by atoms with van der Waals surface area (Å²) >= 11 is 9.50. The number of sulfonamides is 1. The standard InChI is InChI=1S/C31H35BrClN3O4S/c1-22-9-6-7-14-29(22)36(41(39,40)28-17-15-26(33)16-18-28)21-30(37)35(20-24-10-8-11-25(32)19-24)23(2)31(38)34-27-12-4-3-5-13-27/h6-11,14-19,23,27H,3-5,12-13,20-21H2,1-2H3,(H,34,38)/t23-/m1/s1. The van der Waals surface area contributed by atoms with Crippen LogP contribution >= 0.6 is 27.5 Å². The number of para-hydroxylation sites is 1. The number of aryl methyl sites for hydroxylation is 1. The molecule has 0 saturated heterocycles. The van der Waals surface area contributed by atoms with Crippen LogP contribution in [0.3, 0.4) is 0 Å². The number of hydrogen-bond acceptors (Lipinski definition) is 4. The van der Waals surface area contributed by atoms with Gasteiger partial charge in [-0.05, 0) is 80.3 Å². The summed E-state index contributed by atoms with van der Waals surface area (Å²) in [6, 6.07) is 19.6. The van der Waals surface area contributed by atoms with Crippen LogP contribution in [-0.4, -0.2) is 43.8 Å². The van der Waals surface area contributed by atoms with Gasteiger partial charge < -0.3 is 10.2 Å². The molecule has 2 amide bonds. The van der Waals surface area contributed by atoms with Crippen molar-refractivity contribution in [2.45, 2.75) is 69.5 Å². The smallest absolute Gasteiger partial charge is 0.264 e. The Bertz CT molecular complexity index is 1480. The van der Waals surface area contributed by atoms with Gasteiger partial charge in [0.15, 0.2) is 0 Å². The molecule has 3 aromatic rings. The number of carbonyl (C=O) groups is 2. The Balaban J connectivity index is 1.68. The number of nitrogens with zero attached hydrogens (tertiary/aromatic N) is 2. The largest absolute Gasteiger partial charge is 0.352 e. The van der Waals surface area contributed by atoms with Crippen LogP contribution in [0.4, 0.5) is 5.69 Å². The Hall–Kier alpha value is -2.88. The van der Waals surface area contributed by atoms with Crippen LogP contribution < -0.4 is 9.62 Å². The quantitative estimate of drug-likeness (QED) is 0.270. The van der Waals surface area contributed by atoms with E-state index in [1.165, 1.54) is 29.2 Å². The van der Waals surface area contributed by atoms with E-state index in [4.69, 9.17) is 11.6 Å². The highest BCUT2D eigenvalue weighted by Gasteiger charge is 2.33. The summed E-state index contributed by atoms with van der Waals surface area (Å²) in [6.07, 6.45) is 5.12. The Morgan fingerprint density at radius 3 is 2.34 bits per heavy atom. The minimum atomic E-state index is -4.15. The van der Waals surface area contributed by atoms with E-state index in [9.17, 15) is 18.0 Å². The lowest BCUT2D eigenvalue weighted by Gasteiger charge is -2.33. The topological polar surface area (TPSA) is 86.8 Å². The van der Waals surface area contributed by atoms with Gasteiger partial charge in [-0.15, -0.1) is 0 Å². The van der Waals surface area contributed by atoms with Crippen molar-refractivity contribution in [3.8, 4) is 0 Å². The van der Waals surface area contributed by atoms with E-state index >= 15 is 0 Å². The number of halogens is 2. The Morgan fingerprint density at radius 2 is 1.68 bits per heavy atom. The van der Waals surface area contributed by atoms with Crippen LogP contribution in [-0.2, 0) is 26.2 Å². The van der Waals surface area contributed by atoms with Crippen LogP contribution in [0.25, 0.3) is 0 Å². The van der Waals surface area contributed by atoms with Crippen molar-refractivity contribution in [2.75, 3.05) is 10.8 Å². The van der Waals surface area contributed by atoms with Gasteiger partial charge in [-0.2, -0.15) is 0 Å². The van der Waals surface area contributed by atoms with Gasteiger partial charge in [0.1, 0.15) is 12.6 Å². The molecule has 0 aliphatic heterocycles. The molecule has 0 spiro atoms. The maximum absolute atomic E-state index is 14.1. The molecule has 1 saturated carbocycles. The number of anilines is 1. The van der Waals surface area contributed by atoms with Crippen molar-refractivity contribution in [1.82, 2.24) is 10.2 Å². The average molecular weight is 661 g/mol. The lowest BCUT2D eigenvalue weighted by Crippen LogP contribution is -2.53. The molecule has 41 heavy (non-hydrogen) atoms. The molecule has 218 valence electrons. The van der Waals surface area contributed by atoms with Gasteiger partial charge in [0, 0.05) is 22.1 Å². The molecule has 0 bridgehead atoms. The second kappa shape index (κ2) is 13.9. The highest BCUT2D eigenvalue weighted by Crippen LogP contribution is 2.28. The van der Waals surface area contributed by atoms with Gasteiger partial charge in [0.25, 0.3) is 10.0 Å². The number of amides is 2. The molecule has 0 unspecified atom stereocenters. The zero-order valence-electron chi connectivity index (χ0n) is 23.2. The second-order valence-corrected chi connectivity index (χ2v) is 13.6. The molecule has 1 N–H and O–H groups in total. The maximum Gasteiger partial charge on any atom is 0.264 e. The third-order valence-corrected chi connectivity index (χ3v) is 9.94. The first-order valence-corrected chi connectivity index (χ1v) is 16.4. The molecule has 3 aromatic carbocycles. The van der Waals surface area contributed by atoms with E-state index in [2.05, 4.69) is 21.2 Å². The molecule has 1 fully saturated rings. The fourth-order valence-corrected chi connectivity index (χ4v) is 7.13.